The fraction of sp³-hybridized carbons (Fsp3) is 0.385. The van der Waals surface area contributed by atoms with Crippen molar-refractivity contribution in [1.82, 2.24) is 15.0 Å². The first-order chi connectivity index (χ1) is 16.5. The van der Waals surface area contributed by atoms with Crippen molar-refractivity contribution in [2.75, 3.05) is 0 Å². The molecule has 1 saturated carbocycles. The van der Waals surface area contributed by atoms with Gasteiger partial charge in [0.25, 0.3) is 5.91 Å². The molecule has 0 saturated heterocycles. The summed E-state index contributed by atoms with van der Waals surface area (Å²) in [5.41, 5.74) is 3.69. The van der Waals surface area contributed by atoms with Crippen LogP contribution in [-0.4, -0.2) is 25.8 Å². The van der Waals surface area contributed by atoms with Crippen LogP contribution in [0, 0.1) is 11.7 Å². The van der Waals surface area contributed by atoms with E-state index in [1.165, 1.54) is 6.07 Å². The average Bonchev–Trinajstić information content (AvgIpc) is 3.13. The molecular formula is C26H30FN3O4. The third-order valence-corrected chi connectivity index (χ3v) is 6.74. The van der Waals surface area contributed by atoms with Crippen molar-refractivity contribution in [2.45, 2.75) is 57.4 Å². The summed E-state index contributed by atoms with van der Waals surface area (Å²) in [5, 5.41) is 20.0. The van der Waals surface area contributed by atoms with Crippen LogP contribution in [0.25, 0.3) is 0 Å². The molecule has 4 rings (SSSR count). The maximum Gasteiger partial charge on any atom is 0.329 e. The van der Waals surface area contributed by atoms with Crippen LogP contribution in [0.2, 0.25) is 0 Å². The molecule has 7 nitrogen and oxygen atoms in total. The zero-order valence-electron chi connectivity index (χ0n) is 19.0. The topological polar surface area (TPSA) is 107 Å². The maximum absolute atomic E-state index is 14.7. The third kappa shape index (κ3) is 5.22. The van der Waals surface area contributed by atoms with Gasteiger partial charge in [-0.05, 0) is 60.8 Å². The summed E-state index contributed by atoms with van der Waals surface area (Å²) < 4.78 is 15.8. The number of aryl methyl sites for hydroxylation is 2. The predicted octanol–water partition coefficient (Wildman–Crippen LogP) is 4.02. The number of hydroxylamine groups is 1. The van der Waals surface area contributed by atoms with Crippen molar-refractivity contribution < 1.29 is 19.5 Å². The number of H-pyrrole nitrogens is 1. The molecule has 1 amide bonds. The molecule has 0 bridgehead atoms. The summed E-state index contributed by atoms with van der Waals surface area (Å²) in [5.74, 6) is -1.57. The molecule has 4 N–H and O–H groups in total. The Morgan fingerprint density at radius 2 is 1.82 bits per heavy atom. The molecule has 3 aromatic rings. The van der Waals surface area contributed by atoms with Crippen LogP contribution < -0.4 is 11.2 Å². The number of rotatable bonds is 8. The molecule has 2 aromatic carbocycles. The molecule has 1 heterocycles. The Bertz CT molecular complexity index is 1180. The number of imidazole rings is 1. The van der Waals surface area contributed by atoms with E-state index in [4.69, 9.17) is 0 Å². The van der Waals surface area contributed by atoms with E-state index in [2.05, 4.69) is 4.98 Å². The number of aromatic hydroxyl groups is 1. The Balaban J connectivity index is 1.50. The van der Waals surface area contributed by atoms with Gasteiger partial charge in [-0.3, -0.25) is 14.6 Å². The highest BCUT2D eigenvalue weighted by molar-refractivity contribution is 5.79. The first kappa shape index (κ1) is 23.8. The van der Waals surface area contributed by atoms with Crippen molar-refractivity contribution >= 4 is 5.91 Å². The molecule has 1 aliphatic rings. The summed E-state index contributed by atoms with van der Waals surface area (Å²) >= 11 is 0. The van der Waals surface area contributed by atoms with E-state index in [1.54, 1.807) is 11.5 Å². The monoisotopic (exact) mass is 467 g/mol. The summed E-state index contributed by atoms with van der Waals surface area (Å²) in [6.07, 6.45) is 5.45. The molecule has 1 aliphatic carbocycles. The Morgan fingerprint density at radius 3 is 2.50 bits per heavy atom. The number of aromatic nitrogens is 2. The molecule has 0 aliphatic heterocycles. The van der Waals surface area contributed by atoms with Crippen LogP contribution in [0.1, 0.15) is 60.5 Å². The van der Waals surface area contributed by atoms with E-state index >= 15 is 0 Å². The number of nitrogens with zero attached hydrogens (tertiary/aromatic N) is 1. The standard InChI is InChI=1S/C26H30FN3O4/c27-21-16-18(15-17-7-3-1-4-8-17)11-12-19(21)13-14-22-25(32)30(26(33)28-22)23(24(31)29-34)20-9-5-2-6-10-20/h1,3-4,7-8,11-12,16,20,23,32,34H,2,5-6,9-10,13-15H2,(H,28,33)(H,29,31). The van der Waals surface area contributed by atoms with Gasteiger partial charge in [0.05, 0.1) is 5.69 Å². The minimum absolute atomic E-state index is 0.164. The van der Waals surface area contributed by atoms with Crippen LogP contribution in [-0.2, 0) is 24.1 Å². The molecule has 180 valence electrons. The minimum Gasteiger partial charge on any atom is -0.493 e. The molecule has 1 unspecified atom stereocenters. The summed E-state index contributed by atoms with van der Waals surface area (Å²) in [4.78, 5) is 27.7. The van der Waals surface area contributed by atoms with Crippen LogP contribution in [0.5, 0.6) is 5.88 Å². The fourth-order valence-corrected chi connectivity index (χ4v) is 4.97. The quantitative estimate of drug-likeness (QED) is 0.296. The highest BCUT2D eigenvalue weighted by atomic mass is 19.1. The highest BCUT2D eigenvalue weighted by Crippen LogP contribution is 2.35. The second-order valence-electron chi connectivity index (χ2n) is 9.01. The SMILES string of the molecule is O=C(NO)C(C1CCCCC1)n1c(O)c(CCc2ccc(Cc3ccccc3)cc2F)[nH]c1=O. The normalized spacial score (nSPS) is 15.2. The van der Waals surface area contributed by atoms with E-state index in [-0.39, 0.29) is 36.2 Å². The third-order valence-electron chi connectivity index (χ3n) is 6.74. The smallest absolute Gasteiger partial charge is 0.329 e. The lowest BCUT2D eigenvalue weighted by Gasteiger charge is -2.29. The van der Waals surface area contributed by atoms with Gasteiger partial charge in [-0.1, -0.05) is 61.7 Å². The van der Waals surface area contributed by atoms with Gasteiger partial charge in [-0.2, -0.15) is 0 Å². The van der Waals surface area contributed by atoms with Gasteiger partial charge < -0.3 is 10.1 Å². The Kier molecular flexibility index (Phi) is 7.47. The Morgan fingerprint density at radius 1 is 1.09 bits per heavy atom. The van der Waals surface area contributed by atoms with Gasteiger partial charge in [-0.25, -0.2) is 14.7 Å². The molecule has 0 spiro atoms. The maximum atomic E-state index is 14.7. The Hall–Kier alpha value is -3.39. The van der Waals surface area contributed by atoms with Gasteiger partial charge in [-0.15, -0.1) is 0 Å². The van der Waals surface area contributed by atoms with Crippen LogP contribution >= 0.6 is 0 Å². The van der Waals surface area contributed by atoms with Crippen LogP contribution in [0.4, 0.5) is 4.39 Å². The molecule has 34 heavy (non-hydrogen) atoms. The lowest BCUT2D eigenvalue weighted by molar-refractivity contribution is -0.135. The van der Waals surface area contributed by atoms with E-state index in [9.17, 15) is 24.3 Å². The van der Waals surface area contributed by atoms with E-state index in [0.29, 0.717) is 12.0 Å². The number of amides is 1. The minimum atomic E-state index is -1.00. The zero-order chi connectivity index (χ0) is 24.1. The van der Waals surface area contributed by atoms with Crippen molar-refractivity contribution in [3.05, 3.63) is 87.2 Å². The number of benzene rings is 2. The van der Waals surface area contributed by atoms with E-state index < -0.39 is 17.6 Å². The molecule has 1 fully saturated rings. The van der Waals surface area contributed by atoms with Crippen molar-refractivity contribution in [2.24, 2.45) is 5.92 Å². The molecule has 8 heteroatoms. The average molecular weight is 468 g/mol. The summed E-state index contributed by atoms with van der Waals surface area (Å²) in [6, 6.07) is 13.9. The number of carbonyl (C=O) groups is 1. The lowest BCUT2D eigenvalue weighted by Crippen LogP contribution is -2.39. The van der Waals surface area contributed by atoms with Gasteiger partial charge in [0.2, 0.25) is 5.88 Å². The number of nitrogens with one attached hydrogen (secondary N) is 2. The number of halogens is 1. The first-order valence-electron chi connectivity index (χ1n) is 11.8. The molecular weight excluding hydrogens is 437 g/mol. The number of hydrogen-bond donors (Lipinski definition) is 4. The molecule has 0 radical (unpaired) electrons. The highest BCUT2D eigenvalue weighted by Gasteiger charge is 2.34. The van der Waals surface area contributed by atoms with Gasteiger partial charge >= 0.3 is 5.69 Å². The largest absolute Gasteiger partial charge is 0.493 e. The fourth-order valence-electron chi connectivity index (χ4n) is 4.97. The van der Waals surface area contributed by atoms with Crippen molar-refractivity contribution in [1.29, 1.82) is 0 Å². The molecule has 1 atom stereocenters. The second-order valence-corrected chi connectivity index (χ2v) is 9.01. The summed E-state index contributed by atoms with van der Waals surface area (Å²) in [6.45, 7) is 0. The first-order valence-corrected chi connectivity index (χ1v) is 11.8. The van der Waals surface area contributed by atoms with Gasteiger partial charge in [0, 0.05) is 0 Å². The van der Waals surface area contributed by atoms with E-state index in [0.717, 1.165) is 47.8 Å². The van der Waals surface area contributed by atoms with Crippen molar-refractivity contribution in [3.8, 4) is 5.88 Å². The van der Waals surface area contributed by atoms with E-state index in [1.807, 2.05) is 36.4 Å². The number of hydrogen-bond acceptors (Lipinski definition) is 4. The number of carbonyl (C=O) groups excluding carboxylic acids is 1. The predicted molar refractivity (Wildman–Crippen MR) is 125 cm³/mol. The van der Waals surface area contributed by atoms with Crippen molar-refractivity contribution in [3.63, 3.8) is 0 Å². The lowest BCUT2D eigenvalue weighted by atomic mass is 9.83. The second kappa shape index (κ2) is 10.7. The van der Waals surface area contributed by atoms with Crippen LogP contribution in [0.3, 0.4) is 0 Å². The van der Waals surface area contributed by atoms with Gasteiger partial charge in [0.15, 0.2) is 0 Å². The zero-order valence-corrected chi connectivity index (χ0v) is 19.0. The summed E-state index contributed by atoms with van der Waals surface area (Å²) in [7, 11) is 0. The molecule has 1 aromatic heterocycles. The van der Waals surface area contributed by atoms with Crippen LogP contribution in [0.15, 0.2) is 53.3 Å². The Labute approximate surface area is 197 Å². The number of aromatic amines is 1. The van der Waals surface area contributed by atoms with Gasteiger partial charge in [0.1, 0.15) is 11.9 Å².